The number of carbonyl (C=O) groups is 2. The van der Waals surface area contributed by atoms with Gasteiger partial charge in [0.15, 0.2) is 17.3 Å². The second-order valence-electron chi connectivity index (χ2n) is 7.34. The summed E-state index contributed by atoms with van der Waals surface area (Å²) in [7, 11) is 4.66. The zero-order valence-electron chi connectivity index (χ0n) is 17.9. The Bertz CT molecular complexity index is 935. The van der Waals surface area contributed by atoms with E-state index in [0.717, 1.165) is 12.0 Å². The van der Waals surface area contributed by atoms with Crippen molar-refractivity contribution in [3.05, 3.63) is 35.2 Å². The SMILES string of the molecule is CC[C@H](C)C(=O)Nc1ncc2c(n1)C[C@@H](c1cc(OC)c(OC)c(OC)c1)CC2=O. The molecule has 8 nitrogen and oxygen atoms in total. The van der Waals surface area contributed by atoms with E-state index in [9.17, 15) is 9.59 Å². The summed E-state index contributed by atoms with van der Waals surface area (Å²) >= 11 is 0. The van der Waals surface area contributed by atoms with Gasteiger partial charge < -0.3 is 14.2 Å². The number of carbonyl (C=O) groups excluding carboxylic acids is 2. The summed E-state index contributed by atoms with van der Waals surface area (Å²) < 4.78 is 16.3. The number of hydrogen-bond acceptors (Lipinski definition) is 7. The molecule has 0 saturated heterocycles. The van der Waals surface area contributed by atoms with Gasteiger partial charge in [-0.05, 0) is 36.5 Å². The number of aromatic nitrogens is 2. The fraction of sp³-hybridized carbons (Fsp3) is 0.455. The zero-order chi connectivity index (χ0) is 21.8. The van der Waals surface area contributed by atoms with E-state index in [-0.39, 0.29) is 29.5 Å². The van der Waals surface area contributed by atoms with E-state index in [1.165, 1.54) is 6.20 Å². The van der Waals surface area contributed by atoms with Crippen LogP contribution >= 0.6 is 0 Å². The Balaban J connectivity index is 1.92. The third-order valence-electron chi connectivity index (χ3n) is 5.49. The standard InChI is InChI=1S/C22H27N3O5/c1-6-12(2)21(27)25-22-23-11-15-16(24-22)7-13(8-17(15)26)14-9-18(28-3)20(30-5)19(10-14)29-4/h9-13H,6-8H2,1-5H3,(H,23,24,25,27)/t12-,13+/m0/s1. The lowest BCUT2D eigenvalue weighted by atomic mass is 9.82. The quantitative estimate of drug-likeness (QED) is 0.742. The Morgan fingerprint density at radius 3 is 2.40 bits per heavy atom. The number of amides is 1. The summed E-state index contributed by atoms with van der Waals surface area (Å²) in [5.74, 6) is 1.38. The Morgan fingerprint density at radius 2 is 1.83 bits per heavy atom. The predicted molar refractivity (Wildman–Crippen MR) is 112 cm³/mol. The third kappa shape index (κ3) is 4.22. The number of methoxy groups -OCH3 is 3. The maximum atomic E-state index is 12.7. The number of ether oxygens (including phenoxy) is 3. The zero-order valence-corrected chi connectivity index (χ0v) is 17.9. The van der Waals surface area contributed by atoms with Gasteiger partial charge in [-0.25, -0.2) is 9.97 Å². The van der Waals surface area contributed by atoms with Crippen LogP contribution in [-0.2, 0) is 11.2 Å². The number of rotatable bonds is 7. The molecule has 0 bridgehead atoms. The molecule has 2 aromatic rings. The molecule has 1 heterocycles. The second kappa shape index (κ2) is 9.11. The van der Waals surface area contributed by atoms with Gasteiger partial charge in [0.2, 0.25) is 17.6 Å². The number of anilines is 1. The summed E-state index contributed by atoms with van der Waals surface area (Å²) in [5.41, 5.74) is 2.02. The van der Waals surface area contributed by atoms with Gasteiger partial charge in [-0.15, -0.1) is 0 Å². The molecule has 1 aromatic carbocycles. The Kier molecular flexibility index (Phi) is 6.54. The molecule has 2 atom stereocenters. The number of nitrogens with one attached hydrogen (secondary N) is 1. The Labute approximate surface area is 176 Å². The minimum Gasteiger partial charge on any atom is -0.493 e. The fourth-order valence-electron chi connectivity index (χ4n) is 3.50. The third-order valence-corrected chi connectivity index (χ3v) is 5.49. The van der Waals surface area contributed by atoms with Gasteiger partial charge in [0.1, 0.15) is 0 Å². The maximum absolute atomic E-state index is 12.7. The van der Waals surface area contributed by atoms with Crippen molar-refractivity contribution >= 4 is 17.6 Å². The van der Waals surface area contributed by atoms with Crippen LogP contribution in [0.2, 0.25) is 0 Å². The van der Waals surface area contributed by atoms with Crippen LogP contribution in [-0.4, -0.2) is 43.0 Å². The van der Waals surface area contributed by atoms with Crippen molar-refractivity contribution in [3.63, 3.8) is 0 Å². The number of ketones is 1. The van der Waals surface area contributed by atoms with E-state index in [0.29, 0.717) is 41.3 Å². The van der Waals surface area contributed by atoms with Crippen molar-refractivity contribution in [1.82, 2.24) is 9.97 Å². The molecule has 1 aliphatic rings. The lowest BCUT2D eigenvalue weighted by Crippen LogP contribution is -2.24. The van der Waals surface area contributed by atoms with E-state index >= 15 is 0 Å². The normalized spacial score (nSPS) is 16.4. The van der Waals surface area contributed by atoms with Crippen LogP contribution in [0.1, 0.15) is 54.2 Å². The molecule has 1 amide bonds. The highest BCUT2D eigenvalue weighted by Crippen LogP contribution is 2.42. The molecule has 0 saturated carbocycles. The van der Waals surface area contributed by atoms with Gasteiger partial charge in [-0.3, -0.25) is 14.9 Å². The van der Waals surface area contributed by atoms with E-state index in [4.69, 9.17) is 14.2 Å². The van der Waals surface area contributed by atoms with Gasteiger partial charge in [-0.1, -0.05) is 13.8 Å². The molecule has 30 heavy (non-hydrogen) atoms. The van der Waals surface area contributed by atoms with Crippen LogP contribution < -0.4 is 19.5 Å². The number of benzene rings is 1. The molecule has 0 spiro atoms. The summed E-state index contributed by atoms with van der Waals surface area (Å²) in [6.07, 6.45) is 3.09. The second-order valence-corrected chi connectivity index (χ2v) is 7.34. The lowest BCUT2D eigenvalue weighted by molar-refractivity contribution is -0.119. The average Bonchev–Trinajstić information content (AvgIpc) is 2.76. The molecular weight excluding hydrogens is 386 g/mol. The first-order valence-electron chi connectivity index (χ1n) is 9.91. The van der Waals surface area contributed by atoms with Crippen LogP contribution in [0, 0.1) is 5.92 Å². The van der Waals surface area contributed by atoms with Crippen molar-refractivity contribution in [1.29, 1.82) is 0 Å². The number of Topliss-reactive ketones (excluding diaryl/α,β-unsaturated/α-hetero) is 1. The highest BCUT2D eigenvalue weighted by atomic mass is 16.5. The maximum Gasteiger partial charge on any atom is 0.229 e. The summed E-state index contributed by atoms with van der Waals surface area (Å²) in [5, 5.41) is 2.73. The summed E-state index contributed by atoms with van der Waals surface area (Å²) in [6, 6.07) is 3.72. The average molecular weight is 413 g/mol. The van der Waals surface area contributed by atoms with Gasteiger partial charge in [0, 0.05) is 18.5 Å². The van der Waals surface area contributed by atoms with Crippen LogP contribution in [0.15, 0.2) is 18.3 Å². The first-order valence-corrected chi connectivity index (χ1v) is 9.91. The van der Waals surface area contributed by atoms with Crippen molar-refractivity contribution in [2.45, 2.75) is 39.0 Å². The molecule has 0 radical (unpaired) electrons. The largest absolute Gasteiger partial charge is 0.493 e. The summed E-state index contributed by atoms with van der Waals surface area (Å²) in [6.45, 7) is 3.79. The number of nitrogens with zero attached hydrogens (tertiary/aromatic N) is 2. The monoisotopic (exact) mass is 413 g/mol. The van der Waals surface area contributed by atoms with E-state index < -0.39 is 0 Å². The number of hydrogen-bond donors (Lipinski definition) is 1. The van der Waals surface area contributed by atoms with Crippen molar-refractivity contribution < 1.29 is 23.8 Å². The molecule has 1 aromatic heterocycles. The molecule has 1 aliphatic carbocycles. The topological polar surface area (TPSA) is 99.6 Å². The minimum absolute atomic E-state index is 0.0326. The van der Waals surface area contributed by atoms with Gasteiger partial charge in [0.25, 0.3) is 0 Å². The highest BCUT2D eigenvalue weighted by molar-refractivity contribution is 5.99. The lowest BCUT2D eigenvalue weighted by Gasteiger charge is -2.25. The van der Waals surface area contributed by atoms with E-state index in [1.54, 1.807) is 21.3 Å². The smallest absolute Gasteiger partial charge is 0.229 e. The molecule has 0 aliphatic heterocycles. The molecule has 160 valence electrons. The van der Waals surface area contributed by atoms with Gasteiger partial charge in [0.05, 0.1) is 32.6 Å². The van der Waals surface area contributed by atoms with Crippen LogP contribution in [0.5, 0.6) is 17.2 Å². The first-order chi connectivity index (χ1) is 14.4. The van der Waals surface area contributed by atoms with Crippen LogP contribution in [0.4, 0.5) is 5.95 Å². The fourth-order valence-corrected chi connectivity index (χ4v) is 3.50. The molecule has 1 N–H and O–H groups in total. The predicted octanol–water partition coefficient (Wildman–Crippen LogP) is 3.40. The molecule has 3 rings (SSSR count). The minimum atomic E-state index is -0.141. The van der Waals surface area contributed by atoms with E-state index in [1.807, 2.05) is 26.0 Å². The Hall–Kier alpha value is -3.16. The molecule has 8 heteroatoms. The summed E-state index contributed by atoms with van der Waals surface area (Å²) in [4.78, 5) is 33.5. The van der Waals surface area contributed by atoms with E-state index in [2.05, 4.69) is 15.3 Å². The molecule has 0 unspecified atom stereocenters. The van der Waals surface area contributed by atoms with Crippen molar-refractivity contribution in [2.24, 2.45) is 5.92 Å². The highest BCUT2D eigenvalue weighted by Gasteiger charge is 2.30. The first kappa shape index (κ1) is 21.5. The van der Waals surface area contributed by atoms with Crippen molar-refractivity contribution in [3.8, 4) is 17.2 Å². The van der Waals surface area contributed by atoms with Gasteiger partial charge in [-0.2, -0.15) is 0 Å². The van der Waals surface area contributed by atoms with Gasteiger partial charge >= 0.3 is 0 Å². The van der Waals surface area contributed by atoms with Crippen LogP contribution in [0.3, 0.4) is 0 Å². The van der Waals surface area contributed by atoms with Crippen molar-refractivity contribution in [2.75, 3.05) is 26.6 Å². The molecular formula is C22H27N3O5. The Morgan fingerprint density at radius 1 is 1.17 bits per heavy atom. The number of fused-ring (bicyclic) bond motifs is 1. The van der Waals surface area contributed by atoms with Crippen LogP contribution in [0.25, 0.3) is 0 Å². The molecule has 0 fully saturated rings.